The Morgan fingerprint density at radius 1 is 1.21 bits per heavy atom. The van der Waals surface area contributed by atoms with Gasteiger partial charge in [-0.15, -0.1) is 0 Å². The van der Waals surface area contributed by atoms with Gasteiger partial charge in [-0.25, -0.2) is 4.79 Å². The summed E-state index contributed by atoms with van der Waals surface area (Å²) in [7, 11) is 0. The molecular weight excluding hydrogens is 360 g/mol. The Labute approximate surface area is 174 Å². The van der Waals surface area contributed by atoms with E-state index < -0.39 is 5.97 Å². The summed E-state index contributed by atoms with van der Waals surface area (Å²) < 4.78 is 2.12. The number of aromatic carboxylic acids is 1. The molecule has 0 bridgehead atoms. The smallest absolute Gasteiger partial charge is 0.337 e. The minimum absolute atomic E-state index is 0.439. The fourth-order valence-corrected chi connectivity index (χ4v) is 4.22. The van der Waals surface area contributed by atoms with Crippen LogP contribution in [-0.4, -0.2) is 22.2 Å². The molecule has 0 radical (unpaired) electrons. The van der Waals surface area contributed by atoms with Crippen molar-refractivity contribution in [3.8, 4) is 0 Å². The Morgan fingerprint density at radius 2 is 1.97 bits per heavy atom. The lowest BCUT2D eigenvalue weighted by molar-refractivity contribution is 0.0694. The Hall–Kier alpha value is -2.59. The summed E-state index contributed by atoms with van der Waals surface area (Å²) in [6, 6.07) is 8.23. The maximum Gasteiger partial charge on any atom is 0.337 e. The number of carboxylic acids is 1. The van der Waals surface area contributed by atoms with Crippen LogP contribution in [0.2, 0.25) is 0 Å². The first-order valence-electron chi connectivity index (χ1n) is 10.5. The van der Waals surface area contributed by atoms with Gasteiger partial charge in [0, 0.05) is 30.0 Å². The van der Waals surface area contributed by atoms with Crippen molar-refractivity contribution >= 4 is 12.0 Å². The largest absolute Gasteiger partial charge is 0.478 e. The first-order valence-corrected chi connectivity index (χ1v) is 10.5. The van der Waals surface area contributed by atoms with Gasteiger partial charge in [-0.2, -0.15) is 0 Å². The maximum absolute atomic E-state index is 12.0. The predicted molar refractivity (Wildman–Crippen MR) is 119 cm³/mol. The zero-order valence-corrected chi connectivity index (χ0v) is 17.6. The summed E-state index contributed by atoms with van der Waals surface area (Å²) in [5.41, 5.74) is 6.95. The van der Waals surface area contributed by atoms with Crippen molar-refractivity contribution in [2.24, 2.45) is 0 Å². The van der Waals surface area contributed by atoms with Gasteiger partial charge < -0.3 is 15.0 Å². The van der Waals surface area contributed by atoms with Crippen LogP contribution in [-0.2, 0) is 13.1 Å². The molecule has 0 saturated heterocycles. The number of aromatic nitrogens is 1. The van der Waals surface area contributed by atoms with E-state index in [1.807, 2.05) is 32.1 Å². The van der Waals surface area contributed by atoms with Crippen LogP contribution < -0.4 is 5.32 Å². The van der Waals surface area contributed by atoms with Crippen LogP contribution in [0.1, 0.15) is 70.5 Å². The van der Waals surface area contributed by atoms with E-state index in [2.05, 4.69) is 34.7 Å². The average Bonchev–Trinajstić information content (AvgIpc) is 2.97. The topological polar surface area (TPSA) is 54.3 Å². The molecule has 29 heavy (non-hydrogen) atoms. The van der Waals surface area contributed by atoms with E-state index >= 15 is 0 Å². The summed E-state index contributed by atoms with van der Waals surface area (Å²) in [6.45, 7) is 9.87. The number of hydrogen-bond acceptors (Lipinski definition) is 2. The molecule has 3 rings (SSSR count). The number of nitrogens with zero attached hydrogens (tertiary/aromatic N) is 1. The van der Waals surface area contributed by atoms with Gasteiger partial charge in [0.15, 0.2) is 0 Å². The third-order valence-corrected chi connectivity index (χ3v) is 5.99. The van der Waals surface area contributed by atoms with Crippen molar-refractivity contribution < 1.29 is 9.90 Å². The van der Waals surface area contributed by atoms with Gasteiger partial charge in [0.05, 0.1) is 5.56 Å². The molecule has 1 heterocycles. The van der Waals surface area contributed by atoms with Gasteiger partial charge in [-0.1, -0.05) is 48.6 Å². The normalized spacial score (nSPS) is 13.9. The second-order valence-corrected chi connectivity index (χ2v) is 7.90. The van der Waals surface area contributed by atoms with Crippen molar-refractivity contribution in [1.29, 1.82) is 0 Å². The Balaban J connectivity index is 1.73. The van der Waals surface area contributed by atoms with E-state index in [9.17, 15) is 9.90 Å². The molecule has 0 unspecified atom stereocenters. The number of benzene rings is 1. The second-order valence-electron chi connectivity index (χ2n) is 7.90. The highest BCUT2D eigenvalue weighted by molar-refractivity contribution is 5.91. The highest BCUT2D eigenvalue weighted by atomic mass is 16.4. The molecule has 0 saturated carbocycles. The predicted octanol–water partition coefficient (Wildman–Crippen LogP) is 5.47. The zero-order valence-electron chi connectivity index (χ0n) is 17.6. The third kappa shape index (κ3) is 5.07. The van der Waals surface area contributed by atoms with Gasteiger partial charge in [-0.3, -0.25) is 0 Å². The molecular formula is C25H32N2O2. The Morgan fingerprint density at radius 3 is 2.59 bits per heavy atom. The number of nitrogens with one attached hydrogen (secondary N) is 1. The molecule has 1 aromatic carbocycles. The van der Waals surface area contributed by atoms with E-state index in [0.717, 1.165) is 41.0 Å². The minimum atomic E-state index is -0.849. The molecule has 0 atom stereocenters. The fourth-order valence-electron chi connectivity index (χ4n) is 4.22. The molecule has 4 heteroatoms. The fraction of sp³-hybridized carbons (Fsp3) is 0.400. The first kappa shape index (κ1) is 21.1. The maximum atomic E-state index is 12.0. The standard InChI is InChI=1S/C25H32N2O2/c1-4-20-10-12-22(13-11-20)17-27-18(2)23(24(19(27)3)25(28)29)16-26-15-14-21-8-6-5-7-9-21/h4,8,10-13,26H,1,5-7,9,14-17H2,2-3H3,(H,28,29). The molecule has 2 aromatic rings. The van der Waals surface area contributed by atoms with Crippen LogP contribution in [0.3, 0.4) is 0 Å². The number of allylic oxidation sites excluding steroid dienone is 1. The van der Waals surface area contributed by atoms with Crippen LogP contribution in [0.25, 0.3) is 6.08 Å². The van der Waals surface area contributed by atoms with E-state index in [-0.39, 0.29) is 0 Å². The van der Waals surface area contributed by atoms with Crippen LogP contribution in [0, 0.1) is 13.8 Å². The van der Waals surface area contributed by atoms with E-state index in [4.69, 9.17) is 0 Å². The monoisotopic (exact) mass is 392 g/mol. The molecule has 4 nitrogen and oxygen atoms in total. The zero-order chi connectivity index (χ0) is 20.8. The molecule has 1 aromatic heterocycles. The molecule has 2 N–H and O–H groups in total. The lowest BCUT2D eigenvalue weighted by Crippen LogP contribution is -2.18. The lowest BCUT2D eigenvalue weighted by atomic mass is 9.97. The van der Waals surface area contributed by atoms with Crippen LogP contribution in [0.5, 0.6) is 0 Å². The summed E-state index contributed by atoms with van der Waals surface area (Å²) in [5, 5.41) is 13.3. The van der Waals surface area contributed by atoms with Gasteiger partial charge in [0.2, 0.25) is 0 Å². The Bertz CT molecular complexity index is 904. The molecule has 0 spiro atoms. The van der Waals surface area contributed by atoms with Gasteiger partial charge >= 0.3 is 5.97 Å². The minimum Gasteiger partial charge on any atom is -0.478 e. The lowest BCUT2D eigenvalue weighted by Gasteiger charge is -2.13. The van der Waals surface area contributed by atoms with Crippen LogP contribution >= 0.6 is 0 Å². The van der Waals surface area contributed by atoms with Gasteiger partial charge in [0.1, 0.15) is 0 Å². The average molecular weight is 393 g/mol. The third-order valence-electron chi connectivity index (χ3n) is 5.99. The number of rotatable bonds is 9. The highest BCUT2D eigenvalue weighted by Crippen LogP contribution is 2.24. The number of carboxylic acid groups (broad SMARTS) is 1. The van der Waals surface area contributed by atoms with E-state index in [0.29, 0.717) is 18.7 Å². The molecule has 1 aliphatic rings. The molecule has 0 aliphatic heterocycles. The number of carbonyl (C=O) groups is 1. The number of hydrogen-bond donors (Lipinski definition) is 2. The van der Waals surface area contributed by atoms with Crippen molar-refractivity contribution in [2.45, 2.75) is 59.0 Å². The van der Waals surface area contributed by atoms with Crippen LogP contribution in [0.15, 0.2) is 42.5 Å². The van der Waals surface area contributed by atoms with Crippen LogP contribution in [0.4, 0.5) is 0 Å². The molecule has 154 valence electrons. The molecule has 0 amide bonds. The SMILES string of the molecule is C=Cc1ccc(Cn2c(C)c(CNCCC3=CCCCC3)c(C(=O)O)c2C)cc1. The van der Waals surface area contributed by atoms with E-state index in [1.165, 1.54) is 31.3 Å². The summed E-state index contributed by atoms with van der Waals surface area (Å²) >= 11 is 0. The molecule has 0 fully saturated rings. The second kappa shape index (κ2) is 9.75. The summed E-state index contributed by atoms with van der Waals surface area (Å²) in [5.74, 6) is -0.849. The quantitative estimate of drug-likeness (QED) is 0.439. The summed E-state index contributed by atoms with van der Waals surface area (Å²) in [4.78, 5) is 12.0. The first-order chi connectivity index (χ1) is 14.0. The van der Waals surface area contributed by atoms with Crippen molar-refractivity contribution in [2.75, 3.05) is 6.54 Å². The van der Waals surface area contributed by atoms with Crippen molar-refractivity contribution in [3.05, 3.63) is 76.1 Å². The van der Waals surface area contributed by atoms with E-state index in [1.54, 1.807) is 0 Å². The van der Waals surface area contributed by atoms with Gasteiger partial charge in [0.25, 0.3) is 0 Å². The summed E-state index contributed by atoms with van der Waals surface area (Å²) in [6.07, 6.45) is 10.3. The van der Waals surface area contributed by atoms with Crippen molar-refractivity contribution in [1.82, 2.24) is 9.88 Å². The van der Waals surface area contributed by atoms with Gasteiger partial charge in [-0.05, 0) is 63.6 Å². The molecule has 1 aliphatic carbocycles. The highest BCUT2D eigenvalue weighted by Gasteiger charge is 2.22. The van der Waals surface area contributed by atoms with Crippen molar-refractivity contribution in [3.63, 3.8) is 0 Å². The Kier molecular flexibility index (Phi) is 7.10.